The Labute approximate surface area is 143 Å². The second-order valence-corrected chi connectivity index (χ2v) is 4.98. The average Bonchev–Trinajstić information content (AvgIpc) is 2.64. The highest BCUT2D eigenvalue weighted by atomic mass is 16.6. The number of benzene rings is 2. The normalized spacial score (nSPS) is 9.96. The van der Waals surface area contributed by atoms with E-state index in [4.69, 9.17) is 9.47 Å². The van der Waals surface area contributed by atoms with E-state index in [1.54, 1.807) is 25.3 Å². The molecular weight excluding hydrogens is 328 g/mol. The molecule has 2 aromatic carbocycles. The third-order valence-electron chi connectivity index (χ3n) is 3.28. The Morgan fingerprint density at radius 2 is 1.92 bits per heavy atom. The maximum Gasteiger partial charge on any atom is 0.345 e. The van der Waals surface area contributed by atoms with Gasteiger partial charge >= 0.3 is 5.97 Å². The number of nitro groups is 1. The van der Waals surface area contributed by atoms with Crippen molar-refractivity contribution in [3.05, 3.63) is 69.8 Å². The number of hydrogen-bond donors (Lipinski definition) is 1. The van der Waals surface area contributed by atoms with Gasteiger partial charge in [0.15, 0.2) is 6.61 Å². The molecule has 0 aliphatic carbocycles. The summed E-state index contributed by atoms with van der Waals surface area (Å²) in [6.45, 7) is -0.298. The van der Waals surface area contributed by atoms with Gasteiger partial charge in [-0.15, -0.1) is 0 Å². The Hall–Kier alpha value is -3.42. The lowest BCUT2D eigenvalue weighted by atomic mass is 10.2. The van der Waals surface area contributed by atoms with Crippen molar-refractivity contribution in [3.8, 4) is 5.75 Å². The zero-order valence-corrected chi connectivity index (χ0v) is 13.4. The smallest absolute Gasteiger partial charge is 0.345 e. The molecule has 0 heterocycles. The van der Waals surface area contributed by atoms with Gasteiger partial charge in [0.05, 0.1) is 12.0 Å². The van der Waals surface area contributed by atoms with Crippen LogP contribution in [-0.4, -0.2) is 30.5 Å². The summed E-state index contributed by atoms with van der Waals surface area (Å²) in [5.74, 6) is -0.784. The van der Waals surface area contributed by atoms with E-state index in [0.717, 1.165) is 5.56 Å². The Morgan fingerprint density at radius 3 is 2.64 bits per heavy atom. The summed E-state index contributed by atoms with van der Waals surface area (Å²) in [6.07, 6.45) is 0. The molecule has 1 N–H and O–H groups in total. The van der Waals surface area contributed by atoms with Crippen molar-refractivity contribution >= 4 is 17.6 Å². The highest BCUT2D eigenvalue weighted by Crippen LogP contribution is 2.18. The van der Waals surface area contributed by atoms with Crippen LogP contribution in [0.25, 0.3) is 0 Å². The van der Waals surface area contributed by atoms with Crippen molar-refractivity contribution in [2.75, 3.05) is 13.7 Å². The molecule has 0 unspecified atom stereocenters. The van der Waals surface area contributed by atoms with E-state index < -0.39 is 23.4 Å². The van der Waals surface area contributed by atoms with Crippen molar-refractivity contribution in [2.24, 2.45) is 0 Å². The first-order valence-electron chi connectivity index (χ1n) is 7.31. The van der Waals surface area contributed by atoms with Gasteiger partial charge in [-0.25, -0.2) is 4.79 Å². The standard InChI is InChI=1S/C17H16N2O6/c1-24-13-6-4-5-12(9-13)10-18-16(20)11-25-17(21)14-7-2-3-8-15(14)19(22)23/h2-9H,10-11H2,1H3,(H,18,20). The van der Waals surface area contributed by atoms with Gasteiger partial charge in [-0.2, -0.15) is 0 Å². The Morgan fingerprint density at radius 1 is 1.16 bits per heavy atom. The molecule has 1 amide bonds. The van der Waals surface area contributed by atoms with E-state index in [1.807, 2.05) is 6.07 Å². The number of nitrogens with zero attached hydrogens (tertiary/aromatic N) is 1. The number of nitrogens with one attached hydrogen (secondary N) is 1. The van der Waals surface area contributed by atoms with Gasteiger partial charge < -0.3 is 14.8 Å². The van der Waals surface area contributed by atoms with Gasteiger partial charge in [0, 0.05) is 12.6 Å². The number of methoxy groups -OCH3 is 1. The van der Waals surface area contributed by atoms with E-state index in [0.29, 0.717) is 5.75 Å². The van der Waals surface area contributed by atoms with Crippen LogP contribution in [0.3, 0.4) is 0 Å². The molecule has 0 bridgehead atoms. The third kappa shape index (κ3) is 5.03. The minimum atomic E-state index is -0.927. The Kier molecular flexibility index (Phi) is 6.05. The van der Waals surface area contributed by atoms with Gasteiger partial charge in [0.1, 0.15) is 11.3 Å². The first-order chi connectivity index (χ1) is 12.0. The third-order valence-corrected chi connectivity index (χ3v) is 3.28. The summed E-state index contributed by atoms with van der Waals surface area (Å²) in [6, 6.07) is 12.5. The fraction of sp³-hybridized carbons (Fsp3) is 0.176. The summed E-state index contributed by atoms with van der Waals surface area (Å²) in [4.78, 5) is 33.9. The molecule has 25 heavy (non-hydrogen) atoms. The topological polar surface area (TPSA) is 108 Å². The molecular formula is C17H16N2O6. The largest absolute Gasteiger partial charge is 0.497 e. The number of carbonyl (C=O) groups is 2. The van der Waals surface area contributed by atoms with Crippen LogP contribution in [0, 0.1) is 10.1 Å². The number of nitro benzene ring substituents is 1. The number of ether oxygens (including phenoxy) is 2. The lowest BCUT2D eigenvalue weighted by Gasteiger charge is -2.08. The maximum atomic E-state index is 11.9. The molecule has 0 saturated carbocycles. The van der Waals surface area contributed by atoms with Crippen LogP contribution in [0.4, 0.5) is 5.69 Å². The minimum Gasteiger partial charge on any atom is -0.497 e. The van der Waals surface area contributed by atoms with E-state index in [9.17, 15) is 19.7 Å². The van der Waals surface area contributed by atoms with Crippen LogP contribution >= 0.6 is 0 Å². The maximum absolute atomic E-state index is 11.9. The lowest BCUT2D eigenvalue weighted by Crippen LogP contribution is -2.28. The summed E-state index contributed by atoms with van der Waals surface area (Å²) >= 11 is 0. The van der Waals surface area contributed by atoms with Crippen molar-refractivity contribution < 1.29 is 24.0 Å². The summed E-state index contributed by atoms with van der Waals surface area (Å²) < 4.78 is 9.92. The summed E-state index contributed by atoms with van der Waals surface area (Å²) in [5.41, 5.74) is 0.245. The second-order valence-electron chi connectivity index (χ2n) is 4.98. The molecule has 2 rings (SSSR count). The molecule has 130 valence electrons. The number of hydrogen-bond acceptors (Lipinski definition) is 6. The number of amides is 1. The minimum absolute atomic E-state index is 0.201. The molecule has 0 aromatic heterocycles. The highest BCUT2D eigenvalue weighted by molar-refractivity contribution is 5.95. The quantitative estimate of drug-likeness (QED) is 0.468. The lowest BCUT2D eigenvalue weighted by molar-refractivity contribution is -0.385. The van der Waals surface area contributed by atoms with Crippen molar-refractivity contribution in [1.82, 2.24) is 5.32 Å². The van der Waals surface area contributed by atoms with E-state index in [2.05, 4.69) is 5.32 Å². The van der Waals surface area contributed by atoms with Gasteiger partial charge in [-0.1, -0.05) is 24.3 Å². The fourth-order valence-electron chi connectivity index (χ4n) is 2.05. The van der Waals surface area contributed by atoms with E-state index >= 15 is 0 Å². The molecule has 0 spiro atoms. The van der Waals surface area contributed by atoms with Crippen LogP contribution in [0.5, 0.6) is 5.75 Å². The van der Waals surface area contributed by atoms with E-state index in [-0.39, 0.29) is 17.8 Å². The molecule has 0 saturated heterocycles. The number of esters is 1. The molecule has 2 aromatic rings. The van der Waals surface area contributed by atoms with Gasteiger partial charge in [0.2, 0.25) is 0 Å². The van der Waals surface area contributed by atoms with Gasteiger partial charge in [0.25, 0.3) is 11.6 Å². The first-order valence-corrected chi connectivity index (χ1v) is 7.31. The SMILES string of the molecule is COc1cccc(CNC(=O)COC(=O)c2ccccc2[N+](=O)[O-])c1. The second kappa shape index (κ2) is 8.44. The summed E-state index contributed by atoms with van der Waals surface area (Å²) in [7, 11) is 1.54. The van der Waals surface area contributed by atoms with Crippen molar-refractivity contribution in [3.63, 3.8) is 0 Å². The van der Waals surface area contributed by atoms with Crippen LogP contribution in [-0.2, 0) is 16.1 Å². The predicted octanol–water partition coefficient (Wildman–Crippen LogP) is 2.08. The molecule has 0 atom stereocenters. The van der Waals surface area contributed by atoms with Crippen LogP contribution < -0.4 is 10.1 Å². The first kappa shape index (κ1) is 17.9. The van der Waals surface area contributed by atoms with Crippen molar-refractivity contribution in [2.45, 2.75) is 6.54 Å². The van der Waals surface area contributed by atoms with E-state index in [1.165, 1.54) is 24.3 Å². The van der Waals surface area contributed by atoms with Gasteiger partial charge in [-0.3, -0.25) is 14.9 Å². The number of para-hydroxylation sites is 1. The zero-order chi connectivity index (χ0) is 18.2. The van der Waals surface area contributed by atoms with Crippen LogP contribution in [0.1, 0.15) is 15.9 Å². The van der Waals surface area contributed by atoms with Crippen LogP contribution in [0.15, 0.2) is 48.5 Å². The average molecular weight is 344 g/mol. The fourth-order valence-corrected chi connectivity index (χ4v) is 2.05. The summed E-state index contributed by atoms with van der Waals surface area (Å²) in [5, 5.41) is 13.5. The Balaban J connectivity index is 1.87. The molecule has 8 heteroatoms. The Bertz CT molecular complexity index is 790. The predicted molar refractivity (Wildman–Crippen MR) is 88.2 cm³/mol. The number of carbonyl (C=O) groups excluding carboxylic acids is 2. The molecule has 8 nitrogen and oxygen atoms in total. The molecule has 0 aliphatic heterocycles. The van der Waals surface area contributed by atoms with Crippen molar-refractivity contribution in [1.29, 1.82) is 0 Å². The monoisotopic (exact) mass is 344 g/mol. The molecule has 0 radical (unpaired) electrons. The van der Waals surface area contributed by atoms with Crippen LogP contribution in [0.2, 0.25) is 0 Å². The van der Waals surface area contributed by atoms with Gasteiger partial charge in [-0.05, 0) is 23.8 Å². The number of rotatable bonds is 7. The zero-order valence-electron chi connectivity index (χ0n) is 13.4. The molecule has 0 fully saturated rings. The highest BCUT2D eigenvalue weighted by Gasteiger charge is 2.21. The molecule has 0 aliphatic rings.